The Morgan fingerprint density at radius 1 is 1.25 bits per heavy atom. The van der Waals surface area contributed by atoms with Crippen LogP contribution in [0.2, 0.25) is 0 Å². The van der Waals surface area contributed by atoms with Gasteiger partial charge in [-0.25, -0.2) is 0 Å². The highest BCUT2D eigenvalue weighted by Crippen LogP contribution is 2.22. The van der Waals surface area contributed by atoms with Crippen molar-refractivity contribution in [3.8, 4) is 5.82 Å². The molecule has 7 nitrogen and oxygen atoms in total. The van der Waals surface area contributed by atoms with Crippen LogP contribution in [0.5, 0.6) is 0 Å². The van der Waals surface area contributed by atoms with Gasteiger partial charge in [0.25, 0.3) is 5.91 Å². The SMILES string of the molecule is Cc1ccc(C)n1-c1c(C(=O)N(C)CC(C)(CO)CO)cnn1C. The van der Waals surface area contributed by atoms with Gasteiger partial charge in [0.2, 0.25) is 0 Å². The van der Waals surface area contributed by atoms with Crippen molar-refractivity contribution in [2.24, 2.45) is 12.5 Å². The zero-order chi connectivity index (χ0) is 18.1. The second kappa shape index (κ2) is 6.78. The quantitative estimate of drug-likeness (QED) is 0.822. The molecule has 0 aliphatic carbocycles. The number of aryl methyl sites for hydroxylation is 3. The van der Waals surface area contributed by atoms with Gasteiger partial charge >= 0.3 is 0 Å². The lowest BCUT2D eigenvalue weighted by atomic mass is 9.92. The summed E-state index contributed by atoms with van der Waals surface area (Å²) in [6.45, 7) is 5.55. The van der Waals surface area contributed by atoms with Crippen LogP contribution in [0.25, 0.3) is 5.82 Å². The van der Waals surface area contributed by atoms with Gasteiger partial charge < -0.3 is 19.7 Å². The van der Waals surface area contributed by atoms with Crippen molar-refractivity contribution < 1.29 is 15.0 Å². The number of aromatic nitrogens is 3. The molecule has 0 spiro atoms. The van der Waals surface area contributed by atoms with Gasteiger partial charge in [-0.15, -0.1) is 0 Å². The molecule has 2 aromatic rings. The number of aliphatic hydroxyl groups excluding tert-OH is 2. The van der Waals surface area contributed by atoms with Gasteiger partial charge in [0, 0.05) is 37.4 Å². The molecule has 0 saturated heterocycles. The largest absolute Gasteiger partial charge is 0.396 e. The maximum Gasteiger partial charge on any atom is 0.259 e. The van der Waals surface area contributed by atoms with E-state index >= 15 is 0 Å². The Bertz CT molecular complexity index is 709. The molecule has 0 bridgehead atoms. The zero-order valence-electron chi connectivity index (χ0n) is 14.9. The van der Waals surface area contributed by atoms with Crippen LogP contribution in [-0.2, 0) is 7.05 Å². The molecular weight excluding hydrogens is 308 g/mol. The summed E-state index contributed by atoms with van der Waals surface area (Å²) in [5.74, 6) is 0.514. The predicted octanol–water partition coefficient (Wildman–Crippen LogP) is 0.891. The van der Waals surface area contributed by atoms with Crippen LogP contribution < -0.4 is 0 Å². The van der Waals surface area contributed by atoms with Crippen molar-refractivity contribution >= 4 is 5.91 Å². The Balaban J connectivity index is 2.39. The van der Waals surface area contributed by atoms with E-state index in [1.54, 1.807) is 31.9 Å². The van der Waals surface area contributed by atoms with E-state index in [1.807, 2.05) is 30.5 Å². The van der Waals surface area contributed by atoms with Crippen molar-refractivity contribution in [3.63, 3.8) is 0 Å². The first-order chi connectivity index (χ1) is 11.2. The molecule has 2 aromatic heterocycles. The Morgan fingerprint density at radius 3 is 2.29 bits per heavy atom. The lowest BCUT2D eigenvalue weighted by Gasteiger charge is -2.30. The second-order valence-corrected chi connectivity index (χ2v) is 6.75. The number of nitrogens with zero attached hydrogens (tertiary/aromatic N) is 4. The molecule has 0 aromatic carbocycles. The van der Waals surface area contributed by atoms with E-state index in [4.69, 9.17) is 0 Å². The van der Waals surface area contributed by atoms with Gasteiger partial charge in [0.1, 0.15) is 11.4 Å². The fourth-order valence-electron chi connectivity index (χ4n) is 2.85. The van der Waals surface area contributed by atoms with E-state index in [0.29, 0.717) is 11.4 Å². The lowest BCUT2D eigenvalue weighted by Crippen LogP contribution is -2.41. The van der Waals surface area contributed by atoms with Crippen molar-refractivity contribution in [2.75, 3.05) is 26.8 Å². The van der Waals surface area contributed by atoms with Crippen LogP contribution in [0.3, 0.4) is 0 Å². The van der Waals surface area contributed by atoms with Crippen molar-refractivity contribution in [3.05, 3.63) is 35.3 Å². The van der Waals surface area contributed by atoms with Crippen molar-refractivity contribution in [1.82, 2.24) is 19.2 Å². The highest BCUT2D eigenvalue weighted by molar-refractivity contribution is 5.97. The van der Waals surface area contributed by atoms with Crippen molar-refractivity contribution in [2.45, 2.75) is 20.8 Å². The van der Waals surface area contributed by atoms with Gasteiger partial charge in [0.15, 0.2) is 0 Å². The molecule has 7 heteroatoms. The fraction of sp³-hybridized carbons (Fsp3) is 0.529. The number of carbonyl (C=O) groups excluding carboxylic acids is 1. The molecule has 24 heavy (non-hydrogen) atoms. The van der Waals surface area contributed by atoms with Gasteiger partial charge in [0.05, 0.1) is 19.4 Å². The van der Waals surface area contributed by atoms with Gasteiger partial charge in [-0.05, 0) is 26.0 Å². The van der Waals surface area contributed by atoms with Gasteiger partial charge in [-0.2, -0.15) is 5.10 Å². The topological polar surface area (TPSA) is 83.5 Å². The molecule has 132 valence electrons. The third-order valence-electron chi connectivity index (χ3n) is 4.35. The molecule has 2 rings (SSSR count). The maximum absolute atomic E-state index is 12.9. The van der Waals surface area contributed by atoms with E-state index in [1.165, 1.54) is 4.90 Å². The number of rotatable bonds is 6. The van der Waals surface area contributed by atoms with Gasteiger partial charge in [-0.1, -0.05) is 6.92 Å². The predicted molar refractivity (Wildman–Crippen MR) is 91.2 cm³/mol. The Hall–Kier alpha value is -2.12. The van der Waals surface area contributed by atoms with E-state index in [2.05, 4.69) is 5.10 Å². The number of aliphatic hydroxyl groups is 2. The zero-order valence-corrected chi connectivity index (χ0v) is 14.9. The minimum absolute atomic E-state index is 0.196. The monoisotopic (exact) mass is 334 g/mol. The van der Waals surface area contributed by atoms with Crippen LogP contribution >= 0.6 is 0 Å². The summed E-state index contributed by atoms with van der Waals surface area (Å²) >= 11 is 0. The third-order valence-corrected chi connectivity index (χ3v) is 4.35. The molecular formula is C17H26N4O3. The normalized spacial score (nSPS) is 11.8. The van der Waals surface area contributed by atoms with E-state index in [-0.39, 0.29) is 25.7 Å². The number of hydrogen-bond donors (Lipinski definition) is 2. The van der Waals surface area contributed by atoms with Crippen LogP contribution in [-0.4, -0.2) is 62.2 Å². The molecule has 2 N–H and O–H groups in total. The summed E-state index contributed by atoms with van der Waals surface area (Å²) in [5.41, 5.74) is 1.78. The van der Waals surface area contributed by atoms with Crippen LogP contribution in [0, 0.1) is 19.3 Å². The van der Waals surface area contributed by atoms with Crippen LogP contribution in [0.4, 0.5) is 0 Å². The maximum atomic E-state index is 12.9. The van der Waals surface area contributed by atoms with Crippen LogP contribution in [0.1, 0.15) is 28.7 Å². The molecule has 2 heterocycles. The fourth-order valence-corrected chi connectivity index (χ4v) is 2.85. The van der Waals surface area contributed by atoms with E-state index < -0.39 is 5.41 Å². The first kappa shape index (κ1) is 18.2. The van der Waals surface area contributed by atoms with Crippen LogP contribution in [0.15, 0.2) is 18.3 Å². The average molecular weight is 334 g/mol. The molecule has 0 radical (unpaired) electrons. The van der Waals surface area contributed by atoms with Crippen molar-refractivity contribution in [1.29, 1.82) is 0 Å². The Morgan fingerprint density at radius 2 is 1.79 bits per heavy atom. The summed E-state index contributed by atoms with van der Waals surface area (Å²) in [6, 6.07) is 3.99. The molecule has 0 aliphatic heterocycles. The summed E-state index contributed by atoms with van der Waals surface area (Å²) in [6.07, 6.45) is 1.56. The minimum Gasteiger partial charge on any atom is -0.396 e. The highest BCUT2D eigenvalue weighted by Gasteiger charge is 2.29. The molecule has 0 saturated carbocycles. The third kappa shape index (κ3) is 3.22. The smallest absolute Gasteiger partial charge is 0.259 e. The van der Waals surface area contributed by atoms with E-state index in [0.717, 1.165) is 11.4 Å². The molecule has 0 unspecified atom stereocenters. The standard InChI is InChI=1S/C17H26N4O3/c1-12-6-7-13(2)21(12)15-14(8-18-20(15)5)16(24)19(4)9-17(3,10-22)11-23/h6-8,22-23H,9-11H2,1-5H3. The highest BCUT2D eigenvalue weighted by atomic mass is 16.3. The Kier molecular flexibility index (Phi) is 5.15. The molecule has 0 atom stereocenters. The summed E-state index contributed by atoms with van der Waals surface area (Å²) < 4.78 is 3.67. The summed E-state index contributed by atoms with van der Waals surface area (Å²) in [5, 5.41) is 23.1. The molecule has 0 fully saturated rings. The second-order valence-electron chi connectivity index (χ2n) is 6.75. The van der Waals surface area contributed by atoms with Gasteiger partial charge in [-0.3, -0.25) is 9.48 Å². The first-order valence-electron chi connectivity index (χ1n) is 7.88. The Labute approximate surface area is 142 Å². The summed E-state index contributed by atoms with van der Waals surface area (Å²) in [7, 11) is 3.47. The minimum atomic E-state index is -0.744. The van der Waals surface area contributed by atoms with E-state index in [9.17, 15) is 15.0 Å². The number of hydrogen-bond acceptors (Lipinski definition) is 4. The number of amides is 1. The molecule has 1 amide bonds. The average Bonchev–Trinajstić information content (AvgIpc) is 3.08. The number of carbonyl (C=O) groups is 1. The molecule has 0 aliphatic rings. The first-order valence-corrected chi connectivity index (χ1v) is 7.88. The summed E-state index contributed by atoms with van der Waals surface area (Å²) in [4.78, 5) is 14.4. The lowest BCUT2D eigenvalue weighted by molar-refractivity contribution is 0.0366.